The van der Waals surface area contributed by atoms with Gasteiger partial charge in [0.15, 0.2) is 0 Å². The number of carbonyl (C=O) groups is 1. The van der Waals surface area contributed by atoms with E-state index in [2.05, 4.69) is 26.0 Å². The lowest BCUT2D eigenvalue weighted by Gasteiger charge is -2.16. The molecule has 2 aromatic carbocycles. The second-order valence-electron chi connectivity index (χ2n) is 9.17. The summed E-state index contributed by atoms with van der Waals surface area (Å²) < 4.78 is 44.5. The van der Waals surface area contributed by atoms with Crippen LogP contribution in [0.2, 0.25) is 0 Å². The van der Waals surface area contributed by atoms with Crippen molar-refractivity contribution in [3.8, 4) is 16.9 Å². The summed E-state index contributed by atoms with van der Waals surface area (Å²) >= 11 is 0. The molecule has 0 bridgehead atoms. The smallest absolute Gasteiger partial charge is 0.322 e. The lowest BCUT2D eigenvalue weighted by Crippen LogP contribution is -2.19. The largest absolute Gasteiger partial charge is 0.416 e. The maximum absolute atomic E-state index is 13.7. The highest BCUT2D eigenvalue weighted by Gasteiger charge is 2.33. The fraction of sp³-hybridized carbons (Fsp3) is 0.333. The number of alkyl halides is 3. The van der Waals surface area contributed by atoms with Crippen molar-refractivity contribution < 1.29 is 18.0 Å². The summed E-state index contributed by atoms with van der Waals surface area (Å²) in [6.45, 7) is 6.55. The molecule has 0 aliphatic carbocycles. The van der Waals surface area contributed by atoms with Gasteiger partial charge in [-0.25, -0.2) is 4.68 Å². The van der Waals surface area contributed by atoms with Crippen molar-refractivity contribution in [3.05, 3.63) is 76.7 Å². The Morgan fingerprint density at radius 3 is 2.58 bits per heavy atom. The number of hydrogen-bond donors (Lipinski definition) is 2. The summed E-state index contributed by atoms with van der Waals surface area (Å²) in [6, 6.07) is 8.87. The van der Waals surface area contributed by atoms with Crippen molar-refractivity contribution in [2.45, 2.75) is 46.3 Å². The van der Waals surface area contributed by atoms with Crippen molar-refractivity contribution in [1.29, 1.82) is 0 Å². The Balaban J connectivity index is 1.55. The van der Waals surface area contributed by atoms with Gasteiger partial charge in [0.2, 0.25) is 0 Å². The highest BCUT2D eigenvalue weighted by Crippen LogP contribution is 2.34. The maximum atomic E-state index is 13.7. The van der Waals surface area contributed by atoms with Crippen LogP contribution in [0.5, 0.6) is 0 Å². The number of rotatable bonds is 9. The molecule has 38 heavy (non-hydrogen) atoms. The van der Waals surface area contributed by atoms with E-state index in [1.54, 1.807) is 40.0 Å². The Morgan fingerprint density at radius 2 is 1.89 bits per heavy atom. The van der Waals surface area contributed by atoms with E-state index in [4.69, 9.17) is 0 Å². The third-order valence-electron chi connectivity index (χ3n) is 6.42. The van der Waals surface area contributed by atoms with E-state index in [9.17, 15) is 18.0 Å². The van der Waals surface area contributed by atoms with Crippen LogP contribution >= 0.6 is 0 Å². The molecule has 1 amide bonds. The van der Waals surface area contributed by atoms with Gasteiger partial charge in [-0.2, -0.15) is 18.3 Å². The van der Waals surface area contributed by atoms with E-state index in [1.807, 2.05) is 27.8 Å². The molecule has 0 aliphatic rings. The van der Waals surface area contributed by atoms with E-state index in [-0.39, 0.29) is 23.4 Å². The fourth-order valence-electron chi connectivity index (χ4n) is 4.05. The van der Waals surface area contributed by atoms with E-state index in [1.165, 1.54) is 12.1 Å². The maximum Gasteiger partial charge on any atom is 0.416 e. The highest BCUT2D eigenvalue weighted by atomic mass is 19.4. The van der Waals surface area contributed by atoms with Gasteiger partial charge < -0.3 is 10.6 Å². The topological polar surface area (TPSA) is 89.7 Å². The molecule has 0 spiro atoms. The zero-order chi connectivity index (χ0) is 27.4. The minimum atomic E-state index is -4.54. The van der Waals surface area contributed by atoms with Gasteiger partial charge in [-0.15, -0.1) is 5.10 Å². The Hall–Kier alpha value is -3.99. The molecule has 2 N–H and O–H groups in total. The number of unbranched alkanes of at least 4 members (excludes halogenated alkanes) is 1. The Labute approximate surface area is 218 Å². The number of nitrogens with one attached hydrogen (secondary N) is 2. The van der Waals surface area contributed by atoms with Crippen LogP contribution in [0.25, 0.3) is 16.9 Å². The van der Waals surface area contributed by atoms with Gasteiger partial charge in [0, 0.05) is 36.1 Å². The zero-order valence-corrected chi connectivity index (χ0v) is 21.7. The second-order valence-corrected chi connectivity index (χ2v) is 9.17. The van der Waals surface area contributed by atoms with Crippen molar-refractivity contribution in [2.75, 3.05) is 11.9 Å². The van der Waals surface area contributed by atoms with E-state index >= 15 is 0 Å². The minimum Gasteiger partial charge on any atom is -0.322 e. The van der Waals surface area contributed by atoms with E-state index in [0.29, 0.717) is 17.9 Å². The van der Waals surface area contributed by atoms with Gasteiger partial charge in [0.25, 0.3) is 5.91 Å². The quantitative estimate of drug-likeness (QED) is 0.284. The first-order valence-corrected chi connectivity index (χ1v) is 12.3. The lowest BCUT2D eigenvalue weighted by molar-refractivity contribution is -0.138. The molecule has 4 rings (SSSR count). The van der Waals surface area contributed by atoms with Crippen LogP contribution in [-0.2, 0) is 19.8 Å². The van der Waals surface area contributed by atoms with Crippen LogP contribution in [0.4, 0.5) is 18.9 Å². The number of benzene rings is 2. The molecule has 2 heterocycles. The molecule has 0 saturated heterocycles. The molecule has 0 radical (unpaired) electrons. The van der Waals surface area contributed by atoms with Crippen LogP contribution in [0, 0.1) is 13.8 Å². The van der Waals surface area contributed by atoms with Crippen molar-refractivity contribution >= 4 is 11.6 Å². The van der Waals surface area contributed by atoms with Gasteiger partial charge in [0.1, 0.15) is 5.69 Å². The number of aryl methyl sites for hydroxylation is 2. The van der Waals surface area contributed by atoms with Crippen LogP contribution in [-0.4, -0.2) is 37.2 Å². The number of halogens is 3. The molecule has 11 heteroatoms. The first kappa shape index (κ1) is 27.1. The number of hydrogen-bond acceptors (Lipinski definition) is 5. The minimum absolute atomic E-state index is 0.0665. The summed E-state index contributed by atoms with van der Waals surface area (Å²) in [4.78, 5) is 13.0. The number of amides is 1. The summed E-state index contributed by atoms with van der Waals surface area (Å²) in [6.07, 6.45) is 0.746. The van der Waals surface area contributed by atoms with Gasteiger partial charge in [-0.3, -0.25) is 9.48 Å². The summed E-state index contributed by atoms with van der Waals surface area (Å²) in [5, 5.41) is 18.3. The molecule has 200 valence electrons. The predicted molar refractivity (Wildman–Crippen MR) is 139 cm³/mol. The molecule has 0 aliphatic heterocycles. The lowest BCUT2D eigenvalue weighted by atomic mass is 10.0. The van der Waals surface area contributed by atoms with Gasteiger partial charge in [-0.1, -0.05) is 30.7 Å². The van der Waals surface area contributed by atoms with Crippen LogP contribution < -0.4 is 10.6 Å². The summed E-state index contributed by atoms with van der Waals surface area (Å²) in [5.74, 6) is -0.531. The fourth-order valence-corrected chi connectivity index (χ4v) is 4.05. The summed E-state index contributed by atoms with van der Waals surface area (Å²) in [5.41, 5.74) is 3.59. The Bertz CT molecular complexity index is 1440. The first-order valence-electron chi connectivity index (χ1n) is 12.3. The highest BCUT2D eigenvalue weighted by molar-refractivity contribution is 6.04. The first-order chi connectivity index (χ1) is 18.1. The Morgan fingerprint density at radius 1 is 1.11 bits per heavy atom. The van der Waals surface area contributed by atoms with E-state index in [0.717, 1.165) is 35.7 Å². The number of carbonyl (C=O) groups excluding carboxylic acids is 1. The summed E-state index contributed by atoms with van der Waals surface area (Å²) in [7, 11) is 1.84. The molecular formula is C27H30F3N7O. The van der Waals surface area contributed by atoms with Crippen molar-refractivity contribution in [3.63, 3.8) is 0 Å². The van der Waals surface area contributed by atoms with E-state index < -0.39 is 17.6 Å². The van der Waals surface area contributed by atoms with Crippen LogP contribution in [0.3, 0.4) is 0 Å². The Kier molecular flexibility index (Phi) is 7.96. The average molecular weight is 526 g/mol. The number of anilines is 1. The average Bonchev–Trinajstić information content (AvgIpc) is 3.48. The van der Waals surface area contributed by atoms with Gasteiger partial charge in [0.05, 0.1) is 23.6 Å². The van der Waals surface area contributed by atoms with Gasteiger partial charge in [-0.05, 0) is 62.2 Å². The molecule has 8 nitrogen and oxygen atoms in total. The molecule has 4 aromatic rings. The third-order valence-corrected chi connectivity index (χ3v) is 6.42. The normalized spacial score (nSPS) is 11.7. The van der Waals surface area contributed by atoms with Crippen LogP contribution in [0.1, 0.15) is 52.5 Å². The molecule has 0 atom stereocenters. The molecule has 0 unspecified atom stereocenters. The van der Waals surface area contributed by atoms with Crippen molar-refractivity contribution in [1.82, 2.24) is 30.1 Å². The zero-order valence-electron chi connectivity index (χ0n) is 21.7. The number of nitrogens with zero attached hydrogens (tertiary/aromatic N) is 5. The molecule has 2 aromatic heterocycles. The predicted octanol–water partition coefficient (Wildman–Crippen LogP) is 5.45. The molecule has 0 fully saturated rings. The van der Waals surface area contributed by atoms with Crippen molar-refractivity contribution in [2.24, 2.45) is 7.05 Å². The standard InChI is InChI=1S/C27H30F3N7O/c1-5-6-11-31-14-20-9-10-21(13-23(20)27(28,29)30)33-26(38)19-8-7-17(2)25(12-19)37-16-24(34-35-37)22-15-32-36(4)18(22)3/h7-10,12-13,15-16,31H,5-6,11,14H2,1-4H3,(H,33,38). The third kappa shape index (κ3) is 5.94. The van der Waals surface area contributed by atoms with Gasteiger partial charge >= 0.3 is 6.18 Å². The second kappa shape index (κ2) is 11.2. The number of aromatic nitrogens is 5. The molecule has 0 saturated carbocycles. The monoisotopic (exact) mass is 525 g/mol. The van der Waals surface area contributed by atoms with Crippen LogP contribution in [0.15, 0.2) is 48.8 Å². The SMILES string of the molecule is CCCCNCc1ccc(NC(=O)c2ccc(C)c(-n3cc(-c4cnn(C)c4C)nn3)c2)cc1C(F)(F)F. The molecular weight excluding hydrogens is 495 g/mol.